The highest BCUT2D eigenvalue weighted by Gasteiger charge is 2.29. The number of aromatic nitrogens is 3. The van der Waals surface area contributed by atoms with Crippen molar-refractivity contribution in [3.05, 3.63) is 45.1 Å². The lowest BCUT2D eigenvalue weighted by molar-refractivity contribution is 0.0677. The van der Waals surface area contributed by atoms with E-state index in [1.807, 2.05) is 13.8 Å². The highest BCUT2D eigenvalue weighted by Crippen LogP contribution is 2.34. The third-order valence-electron chi connectivity index (χ3n) is 5.19. The molecule has 0 aliphatic rings. The molecule has 0 fully saturated rings. The monoisotopic (exact) mass is 397 g/mol. The maximum absolute atomic E-state index is 13.0. The van der Waals surface area contributed by atoms with E-state index in [1.165, 1.54) is 4.40 Å². The van der Waals surface area contributed by atoms with Crippen molar-refractivity contribution in [2.75, 3.05) is 0 Å². The minimum atomic E-state index is -1.41. The quantitative estimate of drug-likeness (QED) is 0.399. The largest absolute Gasteiger partial charge is 0.478 e. The number of nitrogens with zero attached hydrogens (tertiary/aromatic N) is 2. The molecule has 0 spiro atoms. The average molecular weight is 397 g/mol. The molecule has 4 rings (SSSR count). The number of imidazole rings is 1. The van der Waals surface area contributed by atoms with Crippen LogP contribution in [-0.2, 0) is 0 Å². The van der Waals surface area contributed by atoms with Gasteiger partial charge < -0.3 is 20.3 Å². The molecule has 0 radical (unpaired) electrons. The van der Waals surface area contributed by atoms with Crippen LogP contribution in [0.2, 0.25) is 0 Å². The number of aromatic carboxylic acids is 3. The van der Waals surface area contributed by atoms with Gasteiger partial charge in [-0.2, -0.15) is 0 Å². The van der Waals surface area contributed by atoms with Crippen LogP contribution in [-0.4, -0.2) is 47.6 Å². The number of aromatic amines is 1. The molecular formula is C19H15N3O7. The van der Waals surface area contributed by atoms with Crippen molar-refractivity contribution < 1.29 is 29.7 Å². The van der Waals surface area contributed by atoms with Gasteiger partial charge >= 0.3 is 17.9 Å². The molecule has 0 saturated heterocycles. The summed E-state index contributed by atoms with van der Waals surface area (Å²) < 4.78 is 1.29. The molecule has 148 valence electrons. The molecule has 1 atom stereocenters. The Morgan fingerprint density at radius 3 is 2.38 bits per heavy atom. The van der Waals surface area contributed by atoms with Gasteiger partial charge in [0.1, 0.15) is 22.7 Å². The molecule has 4 N–H and O–H groups in total. The van der Waals surface area contributed by atoms with Crippen molar-refractivity contribution in [3.8, 4) is 0 Å². The number of rotatable bonds is 5. The number of hydrogen-bond acceptors (Lipinski definition) is 5. The molecule has 10 heteroatoms. The Balaban J connectivity index is 2.39. The molecule has 29 heavy (non-hydrogen) atoms. The van der Waals surface area contributed by atoms with E-state index in [4.69, 9.17) is 0 Å². The summed E-state index contributed by atoms with van der Waals surface area (Å²) in [6.07, 6.45) is 0.607. The Kier molecular flexibility index (Phi) is 3.83. The summed E-state index contributed by atoms with van der Waals surface area (Å²) in [6.45, 7) is 3.70. The predicted molar refractivity (Wildman–Crippen MR) is 102 cm³/mol. The van der Waals surface area contributed by atoms with Crippen molar-refractivity contribution in [2.45, 2.75) is 26.2 Å². The van der Waals surface area contributed by atoms with E-state index in [2.05, 4.69) is 9.97 Å². The van der Waals surface area contributed by atoms with Gasteiger partial charge in [-0.15, -0.1) is 0 Å². The van der Waals surface area contributed by atoms with Gasteiger partial charge in [0.15, 0.2) is 0 Å². The topological polar surface area (TPSA) is 162 Å². The van der Waals surface area contributed by atoms with E-state index in [9.17, 15) is 34.5 Å². The van der Waals surface area contributed by atoms with E-state index in [-0.39, 0.29) is 50.2 Å². The minimum Gasteiger partial charge on any atom is -0.478 e. The molecule has 0 aliphatic carbocycles. The van der Waals surface area contributed by atoms with Gasteiger partial charge in [0.25, 0.3) is 0 Å². The van der Waals surface area contributed by atoms with Gasteiger partial charge in [-0.3, -0.25) is 9.20 Å². The normalized spacial score (nSPS) is 12.8. The first kappa shape index (κ1) is 18.4. The summed E-state index contributed by atoms with van der Waals surface area (Å²) >= 11 is 0. The second-order valence-electron chi connectivity index (χ2n) is 6.85. The lowest BCUT2D eigenvalue weighted by Gasteiger charge is -2.13. The number of fused-ring (bicyclic) bond motifs is 2. The van der Waals surface area contributed by atoms with E-state index >= 15 is 0 Å². The molecule has 0 saturated carbocycles. The van der Waals surface area contributed by atoms with Crippen LogP contribution >= 0.6 is 0 Å². The minimum absolute atomic E-state index is 0.0174. The zero-order valence-electron chi connectivity index (χ0n) is 15.3. The zero-order valence-corrected chi connectivity index (χ0v) is 15.3. The number of nitrogens with one attached hydrogen (secondary N) is 1. The van der Waals surface area contributed by atoms with Crippen LogP contribution in [0, 0.1) is 0 Å². The van der Waals surface area contributed by atoms with Crippen LogP contribution in [0.15, 0.2) is 16.9 Å². The summed E-state index contributed by atoms with van der Waals surface area (Å²) in [7, 11) is 0. The van der Waals surface area contributed by atoms with Gasteiger partial charge in [0.05, 0.1) is 22.0 Å². The van der Waals surface area contributed by atoms with Gasteiger partial charge in [-0.25, -0.2) is 19.4 Å². The Morgan fingerprint density at radius 1 is 1.14 bits per heavy atom. The molecule has 0 bridgehead atoms. The standard InChI is InChI=1S/C19H15N3O7/c1-3-6(2)16-21-13-14-11(7(17(24)25)5-10(19(28)29)22(14)16)12-8(15(13)23)4-9(20-12)18(26)27/h4-6,20H,3H2,1-2H3,(H,24,25)(H,26,27)(H,28,29). The number of carbonyl (C=O) groups is 3. The average Bonchev–Trinajstić information content (AvgIpc) is 3.28. The maximum atomic E-state index is 13.0. The molecule has 1 aromatic carbocycles. The fourth-order valence-electron chi connectivity index (χ4n) is 3.64. The fraction of sp³-hybridized carbons (Fsp3) is 0.211. The first-order valence-corrected chi connectivity index (χ1v) is 8.74. The number of benzene rings is 1. The Bertz CT molecular complexity index is 1410. The first-order valence-electron chi connectivity index (χ1n) is 8.74. The van der Waals surface area contributed by atoms with Crippen LogP contribution in [0.1, 0.15) is 63.3 Å². The highest BCUT2D eigenvalue weighted by molar-refractivity contribution is 6.20. The summed E-state index contributed by atoms with van der Waals surface area (Å²) in [5, 5.41) is 28.7. The molecule has 3 aromatic heterocycles. The molecule has 3 heterocycles. The predicted octanol–water partition coefficient (Wildman–Crippen LogP) is 2.37. The summed E-state index contributed by atoms with van der Waals surface area (Å²) in [6, 6.07) is 2.14. The van der Waals surface area contributed by atoms with E-state index in [0.29, 0.717) is 12.2 Å². The smallest absolute Gasteiger partial charge is 0.352 e. The van der Waals surface area contributed by atoms with Gasteiger partial charge in [0.2, 0.25) is 5.43 Å². The summed E-state index contributed by atoms with van der Waals surface area (Å²) in [5.41, 5.74) is -1.60. The summed E-state index contributed by atoms with van der Waals surface area (Å²) in [5.74, 6) is -3.98. The van der Waals surface area contributed by atoms with E-state index < -0.39 is 23.3 Å². The summed E-state index contributed by atoms with van der Waals surface area (Å²) in [4.78, 5) is 55.2. The number of carboxylic acid groups (broad SMARTS) is 3. The van der Waals surface area contributed by atoms with Crippen LogP contribution in [0.4, 0.5) is 0 Å². The lowest BCUT2D eigenvalue weighted by Crippen LogP contribution is -2.13. The first-order chi connectivity index (χ1) is 13.7. The molecule has 10 nitrogen and oxygen atoms in total. The van der Waals surface area contributed by atoms with Crippen molar-refractivity contribution in [1.29, 1.82) is 0 Å². The Labute approximate surface area is 161 Å². The van der Waals surface area contributed by atoms with Crippen molar-refractivity contribution in [1.82, 2.24) is 14.4 Å². The van der Waals surface area contributed by atoms with Crippen LogP contribution in [0.5, 0.6) is 0 Å². The van der Waals surface area contributed by atoms with Crippen molar-refractivity contribution >= 4 is 45.2 Å². The van der Waals surface area contributed by atoms with Crippen LogP contribution < -0.4 is 5.43 Å². The molecule has 4 aromatic rings. The van der Waals surface area contributed by atoms with Crippen molar-refractivity contribution in [2.24, 2.45) is 0 Å². The Hall–Kier alpha value is -3.95. The van der Waals surface area contributed by atoms with Gasteiger partial charge in [-0.05, 0) is 18.6 Å². The van der Waals surface area contributed by atoms with E-state index in [0.717, 1.165) is 12.1 Å². The molecule has 0 amide bonds. The molecule has 1 unspecified atom stereocenters. The van der Waals surface area contributed by atoms with Crippen molar-refractivity contribution in [3.63, 3.8) is 0 Å². The third-order valence-corrected chi connectivity index (χ3v) is 5.19. The SMILES string of the molecule is CCC(C)c1nc2c(=O)c3cc(C(=O)O)[nH]c3c3c(C(=O)O)cc(C(=O)O)n1c23. The van der Waals surface area contributed by atoms with Gasteiger partial charge in [-0.1, -0.05) is 13.8 Å². The maximum Gasteiger partial charge on any atom is 0.352 e. The Morgan fingerprint density at radius 2 is 1.83 bits per heavy atom. The molecule has 0 aliphatic heterocycles. The molecular weight excluding hydrogens is 382 g/mol. The second kappa shape index (κ2) is 6.03. The van der Waals surface area contributed by atoms with Crippen LogP contribution in [0.3, 0.4) is 0 Å². The highest BCUT2D eigenvalue weighted by atomic mass is 16.4. The third kappa shape index (κ3) is 2.38. The van der Waals surface area contributed by atoms with Crippen LogP contribution in [0.25, 0.3) is 27.3 Å². The zero-order chi connectivity index (χ0) is 21.2. The van der Waals surface area contributed by atoms with Gasteiger partial charge in [0, 0.05) is 11.3 Å². The number of carboxylic acids is 3. The van der Waals surface area contributed by atoms with E-state index in [1.54, 1.807) is 0 Å². The number of hydrogen-bond donors (Lipinski definition) is 4. The number of pyridine rings is 1. The fourth-order valence-corrected chi connectivity index (χ4v) is 3.64. The lowest BCUT2D eigenvalue weighted by atomic mass is 10.0. The second-order valence-corrected chi connectivity index (χ2v) is 6.85. The number of H-pyrrole nitrogens is 1.